The fourth-order valence-corrected chi connectivity index (χ4v) is 3.81. The second-order valence-corrected chi connectivity index (χ2v) is 7.44. The van der Waals surface area contributed by atoms with Crippen molar-refractivity contribution >= 4 is 21.8 Å². The smallest absolute Gasteiger partial charge is 0.270 e. The molecule has 0 spiro atoms. The van der Waals surface area contributed by atoms with E-state index in [0.717, 1.165) is 28.9 Å². The second-order valence-electron chi connectivity index (χ2n) is 6.52. The van der Waals surface area contributed by atoms with Crippen LogP contribution in [0.25, 0.3) is 0 Å². The van der Waals surface area contributed by atoms with Gasteiger partial charge in [0.25, 0.3) is 5.91 Å². The van der Waals surface area contributed by atoms with Crippen molar-refractivity contribution < 1.29 is 4.79 Å². The third kappa shape index (κ3) is 2.80. The Morgan fingerprint density at radius 3 is 2.75 bits per heavy atom. The van der Waals surface area contributed by atoms with Crippen molar-refractivity contribution in [2.75, 3.05) is 7.05 Å². The maximum Gasteiger partial charge on any atom is 0.270 e. The lowest BCUT2D eigenvalue weighted by molar-refractivity contribution is 0.0661. The number of nitrogens with zero attached hydrogens (tertiary/aromatic N) is 2. The molecule has 20 heavy (non-hydrogen) atoms. The van der Waals surface area contributed by atoms with Crippen molar-refractivity contribution in [3.8, 4) is 0 Å². The molecule has 0 radical (unpaired) electrons. The quantitative estimate of drug-likeness (QED) is 0.809. The van der Waals surface area contributed by atoms with Crippen LogP contribution in [0, 0.1) is 5.92 Å². The predicted octanol–water partition coefficient (Wildman–Crippen LogP) is 4.24. The van der Waals surface area contributed by atoms with Gasteiger partial charge in [0, 0.05) is 29.8 Å². The summed E-state index contributed by atoms with van der Waals surface area (Å²) in [5, 5.41) is 0. The number of carbonyl (C=O) groups is 1. The molecule has 2 unspecified atom stereocenters. The molecule has 0 N–H and O–H groups in total. The van der Waals surface area contributed by atoms with E-state index in [-0.39, 0.29) is 5.91 Å². The molecule has 1 amide bonds. The molecule has 1 aromatic heterocycles. The minimum absolute atomic E-state index is 0.182. The lowest BCUT2D eigenvalue weighted by atomic mass is 9.86. The summed E-state index contributed by atoms with van der Waals surface area (Å²) in [6.07, 6.45) is 9.31. The molecule has 2 atom stereocenters. The van der Waals surface area contributed by atoms with Gasteiger partial charge in [-0.2, -0.15) is 0 Å². The van der Waals surface area contributed by atoms with Gasteiger partial charge >= 0.3 is 0 Å². The van der Waals surface area contributed by atoms with E-state index < -0.39 is 0 Å². The van der Waals surface area contributed by atoms with Gasteiger partial charge in [0.15, 0.2) is 0 Å². The van der Waals surface area contributed by atoms with Gasteiger partial charge in [0.1, 0.15) is 5.69 Å². The first kappa shape index (κ1) is 14.2. The highest BCUT2D eigenvalue weighted by molar-refractivity contribution is 9.10. The zero-order chi connectivity index (χ0) is 14.3. The van der Waals surface area contributed by atoms with Crippen molar-refractivity contribution in [1.82, 2.24) is 9.47 Å². The van der Waals surface area contributed by atoms with Gasteiger partial charge in [-0.1, -0.05) is 19.8 Å². The molecule has 3 rings (SSSR count). The van der Waals surface area contributed by atoms with E-state index in [2.05, 4.69) is 33.6 Å². The van der Waals surface area contributed by atoms with E-state index in [1.54, 1.807) is 0 Å². The van der Waals surface area contributed by atoms with Gasteiger partial charge in [0.2, 0.25) is 0 Å². The number of carbonyl (C=O) groups excluding carboxylic acids is 1. The van der Waals surface area contributed by atoms with Gasteiger partial charge < -0.3 is 9.47 Å². The molecule has 110 valence electrons. The molecule has 0 bridgehead atoms. The highest BCUT2D eigenvalue weighted by Crippen LogP contribution is 2.38. The average Bonchev–Trinajstić information content (AvgIpc) is 3.20. The maximum absolute atomic E-state index is 12.8. The van der Waals surface area contributed by atoms with Crippen molar-refractivity contribution in [1.29, 1.82) is 0 Å². The second kappa shape index (κ2) is 5.55. The number of amides is 1. The first-order valence-corrected chi connectivity index (χ1v) is 8.50. The van der Waals surface area contributed by atoms with Gasteiger partial charge in [-0.15, -0.1) is 0 Å². The molecule has 2 aliphatic carbocycles. The van der Waals surface area contributed by atoms with Gasteiger partial charge in [-0.25, -0.2) is 0 Å². The zero-order valence-corrected chi connectivity index (χ0v) is 13.9. The Bertz CT molecular complexity index is 507. The fourth-order valence-electron chi connectivity index (χ4n) is 3.37. The molecule has 3 nitrogen and oxygen atoms in total. The Labute approximate surface area is 129 Å². The number of hydrogen-bond acceptors (Lipinski definition) is 1. The largest absolute Gasteiger partial charge is 0.339 e. The molecule has 0 aromatic carbocycles. The standard InChI is InChI=1S/C16H23BrN2O/c1-11-4-3-5-14(8-11)18(2)16(20)15-9-12(17)10-19(15)13-6-7-13/h9-11,13-14H,3-8H2,1-2H3. The zero-order valence-electron chi connectivity index (χ0n) is 12.3. The minimum Gasteiger partial charge on any atom is -0.339 e. The Kier molecular flexibility index (Phi) is 3.93. The summed E-state index contributed by atoms with van der Waals surface area (Å²) in [4.78, 5) is 14.8. The molecular weight excluding hydrogens is 316 g/mol. The van der Waals surface area contributed by atoms with Gasteiger partial charge in [0.05, 0.1) is 0 Å². The molecule has 1 heterocycles. The third-order valence-electron chi connectivity index (χ3n) is 4.75. The van der Waals surface area contributed by atoms with Crippen molar-refractivity contribution in [3.05, 3.63) is 22.4 Å². The van der Waals surface area contributed by atoms with E-state index in [1.807, 2.05) is 18.0 Å². The summed E-state index contributed by atoms with van der Waals surface area (Å²) >= 11 is 3.51. The molecule has 0 saturated heterocycles. The predicted molar refractivity (Wildman–Crippen MR) is 83.9 cm³/mol. The van der Waals surface area contributed by atoms with Gasteiger partial charge in [-0.3, -0.25) is 4.79 Å². The summed E-state index contributed by atoms with van der Waals surface area (Å²) in [5.41, 5.74) is 0.847. The molecule has 0 aliphatic heterocycles. The van der Waals surface area contributed by atoms with Crippen LogP contribution in [0.1, 0.15) is 62.0 Å². The topological polar surface area (TPSA) is 25.2 Å². The van der Waals surface area contributed by atoms with E-state index in [0.29, 0.717) is 12.1 Å². The van der Waals surface area contributed by atoms with E-state index in [9.17, 15) is 4.79 Å². The highest BCUT2D eigenvalue weighted by Gasteiger charge is 2.31. The summed E-state index contributed by atoms with van der Waals surface area (Å²) in [6.45, 7) is 2.30. The van der Waals surface area contributed by atoms with Crippen LogP contribution < -0.4 is 0 Å². The highest BCUT2D eigenvalue weighted by atomic mass is 79.9. The number of halogens is 1. The lowest BCUT2D eigenvalue weighted by Gasteiger charge is -2.34. The van der Waals surface area contributed by atoms with Crippen molar-refractivity contribution in [2.45, 2.75) is 57.5 Å². The number of hydrogen-bond donors (Lipinski definition) is 0. The first-order valence-electron chi connectivity index (χ1n) is 7.70. The van der Waals surface area contributed by atoms with Crippen LogP contribution in [0.3, 0.4) is 0 Å². The summed E-state index contributed by atoms with van der Waals surface area (Å²) in [5.74, 6) is 0.924. The summed E-state index contributed by atoms with van der Waals surface area (Å²) in [6, 6.07) is 2.93. The molecule has 2 aliphatic rings. The average molecular weight is 339 g/mol. The van der Waals surface area contributed by atoms with E-state index in [4.69, 9.17) is 0 Å². The summed E-state index contributed by atoms with van der Waals surface area (Å²) < 4.78 is 3.17. The molecule has 4 heteroatoms. The Balaban J connectivity index is 1.77. The molecule has 2 fully saturated rings. The number of aromatic nitrogens is 1. The fraction of sp³-hybridized carbons (Fsp3) is 0.688. The Morgan fingerprint density at radius 1 is 1.35 bits per heavy atom. The molecule has 2 saturated carbocycles. The normalized spacial score (nSPS) is 26.6. The van der Waals surface area contributed by atoms with Crippen molar-refractivity contribution in [3.63, 3.8) is 0 Å². The molecule has 1 aromatic rings. The van der Waals surface area contributed by atoms with Crippen LogP contribution in [-0.4, -0.2) is 28.5 Å². The summed E-state index contributed by atoms with van der Waals surface area (Å²) in [7, 11) is 1.98. The van der Waals surface area contributed by atoms with Crippen LogP contribution in [0.4, 0.5) is 0 Å². The Morgan fingerprint density at radius 2 is 2.10 bits per heavy atom. The molecular formula is C16H23BrN2O. The van der Waals surface area contributed by atoms with E-state index >= 15 is 0 Å². The maximum atomic E-state index is 12.8. The number of rotatable bonds is 3. The van der Waals surface area contributed by atoms with Crippen LogP contribution >= 0.6 is 15.9 Å². The SMILES string of the molecule is CC1CCCC(N(C)C(=O)c2cc(Br)cn2C2CC2)C1. The Hall–Kier alpha value is -0.770. The van der Waals surface area contributed by atoms with Crippen molar-refractivity contribution in [2.24, 2.45) is 5.92 Å². The van der Waals surface area contributed by atoms with Crippen LogP contribution in [-0.2, 0) is 0 Å². The minimum atomic E-state index is 0.182. The van der Waals surface area contributed by atoms with Crippen LogP contribution in [0.2, 0.25) is 0 Å². The van der Waals surface area contributed by atoms with Crippen LogP contribution in [0.5, 0.6) is 0 Å². The van der Waals surface area contributed by atoms with E-state index in [1.165, 1.54) is 25.7 Å². The van der Waals surface area contributed by atoms with Gasteiger partial charge in [-0.05, 0) is 53.6 Å². The first-order chi connectivity index (χ1) is 9.56. The van der Waals surface area contributed by atoms with Crippen LogP contribution in [0.15, 0.2) is 16.7 Å². The third-order valence-corrected chi connectivity index (χ3v) is 5.19. The lowest BCUT2D eigenvalue weighted by Crippen LogP contribution is -2.40. The monoisotopic (exact) mass is 338 g/mol.